The molecule has 0 saturated carbocycles. The first kappa shape index (κ1) is 22.5. The highest BCUT2D eigenvalue weighted by Crippen LogP contribution is 2.36. The highest BCUT2D eigenvalue weighted by atomic mass is 35.5. The Morgan fingerprint density at radius 1 is 1.03 bits per heavy atom. The Labute approximate surface area is 197 Å². The Morgan fingerprint density at radius 3 is 2.42 bits per heavy atom. The summed E-state index contributed by atoms with van der Waals surface area (Å²) < 4.78 is 11.6. The number of carbonyl (C=O) groups excluding carboxylic acids is 2. The van der Waals surface area contributed by atoms with Crippen LogP contribution in [-0.2, 0) is 4.79 Å². The number of hydrogen-bond acceptors (Lipinski definition) is 4. The summed E-state index contributed by atoms with van der Waals surface area (Å²) in [5.41, 5.74) is 2.86. The average molecular weight is 466 g/mol. The van der Waals surface area contributed by atoms with Crippen LogP contribution in [0.15, 0.2) is 66.7 Å². The molecule has 0 fully saturated rings. The molecule has 3 aromatic carbocycles. The van der Waals surface area contributed by atoms with Gasteiger partial charge >= 0.3 is 6.03 Å². The van der Waals surface area contributed by atoms with Crippen LogP contribution >= 0.6 is 11.6 Å². The van der Waals surface area contributed by atoms with E-state index < -0.39 is 12.1 Å². The van der Waals surface area contributed by atoms with Crippen molar-refractivity contribution in [1.82, 2.24) is 0 Å². The monoisotopic (exact) mass is 465 g/mol. The van der Waals surface area contributed by atoms with E-state index >= 15 is 0 Å². The minimum Gasteiger partial charge on any atom is -0.492 e. The third kappa shape index (κ3) is 5.56. The van der Waals surface area contributed by atoms with Crippen molar-refractivity contribution in [3.05, 3.63) is 77.3 Å². The van der Waals surface area contributed by atoms with Crippen LogP contribution < -0.4 is 25.0 Å². The van der Waals surface area contributed by atoms with E-state index in [1.807, 2.05) is 31.2 Å². The summed E-state index contributed by atoms with van der Waals surface area (Å²) in [6.45, 7) is 4.38. The van der Waals surface area contributed by atoms with Gasteiger partial charge in [0.25, 0.3) is 5.91 Å². The van der Waals surface area contributed by atoms with Crippen LogP contribution in [0.4, 0.5) is 21.9 Å². The highest BCUT2D eigenvalue weighted by Gasteiger charge is 2.31. The molecule has 7 nitrogen and oxygen atoms in total. The van der Waals surface area contributed by atoms with E-state index in [9.17, 15) is 9.59 Å². The predicted molar refractivity (Wildman–Crippen MR) is 130 cm³/mol. The molecule has 33 heavy (non-hydrogen) atoms. The summed E-state index contributed by atoms with van der Waals surface area (Å²) in [7, 11) is 0. The lowest BCUT2D eigenvalue weighted by atomic mass is 10.1. The zero-order chi connectivity index (χ0) is 23.4. The van der Waals surface area contributed by atoms with Gasteiger partial charge in [-0.05, 0) is 68.4 Å². The van der Waals surface area contributed by atoms with E-state index in [4.69, 9.17) is 21.1 Å². The molecule has 1 aliphatic rings. The topological polar surface area (TPSA) is 79.9 Å². The number of urea groups is 1. The number of hydrogen-bond donors (Lipinski definition) is 2. The van der Waals surface area contributed by atoms with Crippen molar-refractivity contribution in [3.8, 4) is 11.5 Å². The van der Waals surface area contributed by atoms with Crippen LogP contribution in [0.25, 0.3) is 0 Å². The lowest BCUT2D eigenvalue weighted by Crippen LogP contribution is -2.46. The maximum Gasteiger partial charge on any atom is 0.323 e. The molecule has 0 bridgehead atoms. The zero-order valence-electron chi connectivity index (χ0n) is 18.3. The van der Waals surface area contributed by atoms with Crippen LogP contribution in [0.1, 0.15) is 12.5 Å². The van der Waals surface area contributed by atoms with E-state index in [0.717, 1.165) is 11.3 Å². The number of anilines is 3. The second-order valence-electron chi connectivity index (χ2n) is 7.68. The molecule has 3 aromatic rings. The first-order chi connectivity index (χ1) is 15.9. The highest BCUT2D eigenvalue weighted by molar-refractivity contribution is 6.30. The fraction of sp³-hybridized carbons (Fsp3) is 0.200. The van der Waals surface area contributed by atoms with Gasteiger partial charge in [0, 0.05) is 16.4 Å². The van der Waals surface area contributed by atoms with Crippen LogP contribution in [0.3, 0.4) is 0 Å². The van der Waals surface area contributed by atoms with Crippen molar-refractivity contribution >= 4 is 40.6 Å². The SMILES string of the molecule is Cc1ccc(OCCN2C(=O)C(C)Oc3ccc(NC(=O)Nc4ccc(Cl)cc4)cc32)cc1. The molecule has 4 rings (SSSR count). The Balaban J connectivity index is 1.45. The Bertz CT molecular complexity index is 1150. The second kappa shape index (κ2) is 9.83. The van der Waals surface area contributed by atoms with Crippen molar-refractivity contribution in [1.29, 1.82) is 0 Å². The molecule has 0 saturated heterocycles. The van der Waals surface area contributed by atoms with Crippen molar-refractivity contribution in [2.24, 2.45) is 0 Å². The molecule has 1 aliphatic heterocycles. The molecule has 1 atom stereocenters. The number of benzene rings is 3. The molecule has 0 spiro atoms. The summed E-state index contributed by atoms with van der Waals surface area (Å²) in [4.78, 5) is 26.8. The van der Waals surface area contributed by atoms with Gasteiger partial charge in [-0.25, -0.2) is 4.79 Å². The summed E-state index contributed by atoms with van der Waals surface area (Å²) in [5.74, 6) is 1.14. The van der Waals surface area contributed by atoms with Gasteiger partial charge in [0.15, 0.2) is 6.10 Å². The van der Waals surface area contributed by atoms with Crippen molar-refractivity contribution in [2.45, 2.75) is 20.0 Å². The minimum atomic E-state index is -0.608. The van der Waals surface area contributed by atoms with Gasteiger partial charge < -0.3 is 25.0 Å². The zero-order valence-corrected chi connectivity index (χ0v) is 19.1. The average Bonchev–Trinajstić information content (AvgIpc) is 2.79. The van der Waals surface area contributed by atoms with E-state index in [0.29, 0.717) is 41.0 Å². The fourth-order valence-electron chi connectivity index (χ4n) is 3.43. The van der Waals surface area contributed by atoms with Crippen molar-refractivity contribution in [2.75, 3.05) is 28.7 Å². The van der Waals surface area contributed by atoms with Gasteiger partial charge in [-0.3, -0.25) is 4.79 Å². The third-order valence-electron chi connectivity index (χ3n) is 5.13. The maximum absolute atomic E-state index is 12.8. The lowest BCUT2D eigenvalue weighted by Gasteiger charge is -2.33. The molecular formula is C25H24ClN3O4. The molecular weight excluding hydrogens is 442 g/mol. The molecule has 170 valence electrons. The largest absolute Gasteiger partial charge is 0.492 e. The Morgan fingerprint density at radius 2 is 1.70 bits per heavy atom. The molecule has 2 N–H and O–H groups in total. The van der Waals surface area contributed by atoms with Crippen LogP contribution in [0.2, 0.25) is 5.02 Å². The van der Waals surface area contributed by atoms with Crippen LogP contribution in [0.5, 0.6) is 11.5 Å². The number of ether oxygens (including phenoxy) is 2. The van der Waals surface area contributed by atoms with Crippen LogP contribution in [-0.4, -0.2) is 31.2 Å². The standard InChI is InChI=1S/C25H24ClN3O4/c1-16-3-10-21(11-4-16)32-14-13-29-22-15-20(9-12-23(22)33-17(2)24(29)30)28-25(31)27-19-7-5-18(26)6-8-19/h3-12,15,17H,13-14H2,1-2H3,(H2,27,28,31). The van der Waals surface area contributed by atoms with E-state index in [2.05, 4.69) is 10.6 Å². The molecule has 0 radical (unpaired) electrons. The van der Waals surface area contributed by atoms with Gasteiger partial charge in [0.2, 0.25) is 0 Å². The first-order valence-corrected chi connectivity index (χ1v) is 10.9. The predicted octanol–water partition coefficient (Wildman–Crippen LogP) is 5.49. The molecule has 1 unspecified atom stereocenters. The number of nitrogens with zero attached hydrogens (tertiary/aromatic N) is 1. The van der Waals surface area contributed by atoms with E-state index in [-0.39, 0.29) is 5.91 Å². The summed E-state index contributed by atoms with van der Waals surface area (Å²) in [6, 6.07) is 19.3. The van der Waals surface area contributed by atoms with Crippen molar-refractivity contribution in [3.63, 3.8) is 0 Å². The number of carbonyl (C=O) groups is 2. The number of amides is 3. The van der Waals surface area contributed by atoms with Gasteiger partial charge in [0.05, 0.1) is 12.2 Å². The summed E-state index contributed by atoms with van der Waals surface area (Å²) in [6.07, 6.45) is -0.608. The van der Waals surface area contributed by atoms with Gasteiger partial charge in [-0.2, -0.15) is 0 Å². The Hall–Kier alpha value is -3.71. The molecule has 3 amide bonds. The number of nitrogens with one attached hydrogen (secondary N) is 2. The molecule has 8 heteroatoms. The number of fused-ring (bicyclic) bond motifs is 1. The minimum absolute atomic E-state index is 0.169. The summed E-state index contributed by atoms with van der Waals surface area (Å²) >= 11 is 5.88. The number of rotatable bonds is 6. The second-order valence-corrected chi connectivity index (χ2v) is 8.12. The van der Waals surface area contributed by atoms with Gasteiger partial charge in [-0.1, -0.05) is 29.3 Å². The normalized spacial score (nSPS) is 14.8. The quantitative estimate of drug-likeness (QED) is 0.504. The van der Waals surface area contributed by atoms with E-state index in [1.165, 1.54) is 0 Å². The fourth-order valence-corrected chi connectivity index (χ4v) is 3.56. The smallest absolute Gasteiger partial charge is 0.323 e. The molecule has 0 aromatic heterocycles. The van der Waals surface area contributed by atoms with Gasteiger partial charge in [-0.15, -0.1) is 0 Å². The van der Waals surface area contributed by atoms with Crippen LogP contribution in [0, 0.1) is 6.92 Å². The lowest BCUT2D eigenvalue weighted by molar-refractivity contribution is -0.125. The molecule has 0 aliphatic carbocycles. The first-order valence-electron chi connectivity index (χ1n) is 10.5. The maximum atomic E-state index is 12.8. The van der Waals surface area contributed by atoms with Gasteiger partial charge in [0.1, 0.15) is 18.1 Å². The Kier molecular flexibility index (Phi) is 6.70. The molecule has 1 heterocycles. The van der Waals surface area contributed by atoms with E-state index in [1.54, 1.807) is 54.3 Å². The number of aryl methyl sites for hydroxylation is 1. The summed E-state index contributed by atoms with van der Waals surface area (Å²) in [5, 5.41) is 6.11. The van der Waals surface area contributed by atoms with Crippen molar-refractivity contribution < 1.29 is 19.1 Å². The third-order valence-corrected chi connectivity index (χ3v) is 5.38. The number of halogens is 1.